The molecule has 0 spiro atoms. The van der Waals surface area contributed by atoms with Gasteiger partial charge in [-0.2, -0.15) is 0 Å². The van der Waals surface area contributed by atoms with Crippen LogP contribution in [0.3, 0.4) is 0 Å². The second kappa shape index (κ2) is 10.8. The molecule has 4 unspecified atom stereocenters. The van der Waals surface area contributed by atoms with Crippen molar-refractivity contribution in [1.82, 2.24) is 24.7 Å². The molecule has 2 aromatic rings. The largest absolute Gasteiger partial charge is 0.395 e. The van der Waals surface area contributed by atoms with E-state index in [-0.39, 0.29) is 37.1 Å². The van der Waals surface area contributed by atoms with Crippen LogP contribution in [-0.4, -0.2) is 86.7 Å². The predicted molar refractivity (Wildman–Crippen MR) is 129 cm³/mol. The molecule has 5 rings (SSSR count). The normalized spacial score (nSPS) is 22.1. The summed E-state index contributed by atoms with van der Waals surface area (Å²) in [5, 5.41) is 23.5. The molecule has 4 atom stereocenters. The number of carbonyl (C=O) groups is 3. The Morgan fingerprint density at radius 1 is 1.16 bits per heavy atom. The van der Waals surface area contributed by atoms with E-state index in [1.165, 1.54) is 42.9 Å². The SMILES string of the molecule is CN(C)C(=O)C(=O)N(CCO)C1C2CCC(Cn3c2nc(C(=O)NCc2ccc(F)cc2)cc3=O)C1O. The van der Waals surface area contributed by atoms with Gasteiger partial charge in [0.05, 0.1) is 18.8 Å². The van der Waals surface area contributed by atoms with E-state index < -0.39 is 53.8 Å². The molecule has 12 heteroatoms. The highest BCUT2D eigenvalue weighted by molar-refractivity contribution is 6.34. The van der Waals surface area contributed by atoms with Gasteiger partial charge in [0.15, 0.2) is 0 Å². The standard InChI is InChI=1S/C25H30FN5O6/c1-29(2)24(36)25(37)30(9-10-32)20-17-8-5-15(21(20)34)13-31-19(33)11-18(28-22(17)31)23(35)27-12-14-3-6-16(26)7-4-14/h3-4,6-7,11,15,17,20-21,32,34H,5,8-10,12-13H2,1-2H3,(H,27,35). The van der Waals surface area contributed by atoms with Crippen molar-refractivity contribution in [2.24, 2.45) is 5.92 Å². The highest BCUT2D eigenvalue weighted by atomic mass is 19.1. The number of nitrogens with one attached hydrogen (secondary N) is 1. The summed E-state index contributed by atoms with van der Waals surface area (Å²) in [4.78, 5) is 58.2. The minimum atomic E-state index is -1.07. The average Bonchev–Trinajstić information content (AvgIpc) is 3.13. The van der Waals surface area contributed by atoms with Crippen LogP contribution in [0.25, 0.3) is 0 Å². The fourth-order valence-electron chi connectivity index (χ4n) is 5.16. The first-order chi connectivity index (χ1) is 17.6. The number of fused-ring (bicyclic) bond motifs is 2. The minimum Gasteiger partial charge on any atom is -0.395 e. The molecule has 1 fully saturated rings. The number of carbonyl (C=O) groups excluding carboxylic acids is 3. The smallest absolute Gasteiger partial charge is 0.312 e. The van der Waals surface area contributed by atoms with Crippen LogP contribution in [0.15, 0.2) is 35.1 Å². The summed E-state index contributed by atoms with van der Waals surface area (Å²) in [6, 6.07) is 5.82. The molecule has 1 aromatic carbocycles. The molecule has 3 heterocycles. The van der Waals surface area contributed by atoms with E-state index in [9.17, 15) is 33.8 Å². The Morgan fingerprint density at radius 2 is 1.86 bits per heavy atom. The van der Waals surface area contributed by atoms with Crippen molar-refractivity contribution in [2.75, 3.05) is 27.2 Å². The van der Waals surface area contributed by atoms with Gasteiger partial charge in [0, 0.05) is 51.6 Å². The van der Waals surface area contributed by atoms with Gasteiger partial charge in [-0.3, -0.25) is 23.7 Å². The Bertz CT molecular complexity index is 1250. The maximum Gasteiger partial charge on any atom is 0.312 e. The Balaban J connectivity index is 1.67. The second-order valence-corrected chi connectivity index (χ2v) is 9.60. The zero-order valence-electron chi connectivity index (χ0n) is 20.6. The zero-order chi connectivity index (χ0) is 26.9. The lowest BCUT2D eigenvalue weighted by molar-refractivity contribution is -0.155. The van der Waals surface area contributed by atoms with E-state index in [1.807, 2.05) is 0 Å². The monoisotopic (exact) mass is 515 g/mol. The number of aromatic nitrogens is 2. The number of rotatable bonds is 6. The molecule has 37 heavy (non-hydrogen) atoms. The summed E-state index contributed by atoms with van der Waals surface area (Å²) in [5.41, 5.74) is 0.0687. The number of hydrogen-bond acceptors (Lipinski definition) is 7. The highest BCUT2D eigenvalue weighted by Crippen LogP contribution is 2.42. The van der Waals surface area contributed by atoms with E-state index in [0.717, 1.165) is 15.9 Å². The predicted octanol–water partition coefficient (Wildman–Crippen LogP) is -0.542. The minimum absolute atomic E-state index is 0.0947. The summed E-state index contributed by atoms with van der Waals surface area (Å²) < 4.78 is 14.6. The van der Waals surface area contributed by atoms with E-state index in [0.29, 0.717) is 18.4 Å². The van der Waals surface area contributed by atoms with Gasteiger partial charge in [-0.1, -0.05) is 12.1 Å². The Kier molecular flexibility index (Phi) is 7.69. The van der Waals surface area contributed by atoms with Gasteiger partial charge in [-0.15, -0.1) is 0 Å². The van der Waals surface area contributed by atoms with Crippen LogP contribution in [-0.2, 0) is 22.7 Å². The molecule has 3 amide bonds. The van der Waals surface area contributed by atoms with Crippen LogP contribution in [0, 0.1) is 11.7 Å². The van der Waals surface area contributed by atoms with Crippen LogP contribution >= 0.6 is 0 Å². The maximum atomic E-state index is 13.1. The molecule has 1 aromatic heterocycles. The molecule has 11 nitrogen and oxygen atoms in total. The molecule has 2 bridgehead atoms. The van der Waals surface area contributed by atoms with Crippen LogP contribution in [0.2, 0.25) is 0 Å². The summed E-state index contributed by atoms with van der Waals surface area (Å²) in [7, 11) is 2.86. The number of halogens is 1. The van der Waals surface area contributed by atoms with Crippen LogP contribution in [0.5, 0.6) is 0 Å². The molecule has 2 aliphatic heterocycles. The van der Waals surface area contributed by atoms with E-state index in [1.54, 1.807) is 0 Å². The quantitative estimate of drug-likeness (QED) is 0.438. The molecule has 0 saturated heterocycles. The van der Waals surface area contributed by atoms with Gasteiger partial charge in [-0.05, 0) is 30.5 Å². The second-order valence-electron chi connectivity index (χ2n) is 9.60. The number of amides is 3. The number of nitrogens with zero attached hydrogens (tertiary/aromatic N) is 4. The first-order valence-electron chi connectivity index (χ1n) is 12.1. The first kappa shape index (κ1) is 26.4. The van der Waals surface area contributed by atoms with Crippen molar-refractivity contribution in [3.05, 3.63) is 63.6 Å². The van der Waals surface area contributed by atoms with Crippen molar-refractivity contribution in [3.8, 4) is 0 Å². The lowest BCUT2D eigenvalue weighted by Gasteiger charge is -2.43. The van der Waals surface area contributed by atoms with Gasteiger partial charge in [0.1, 0.15) is 17.3 Å². The Labute approximate surface area is 212 Å². The third-order valence-electron chi connectivity index (χ3n) is 7.03. The first-order valence-corrected chi connectivity index (χ1v) is 12.1. The number of aliphatic hydroxyl groups is 2. The molecule has 1 aliphatic carbocycles. The van der Waals surface area contributed by atoms with Crippen molar-refractivity contribution < 1.29 is 29.0 Å². The summed E-state index contributed by atoms with van der Waals surface area (Å²) in [6.07, 6.45) is -0.0497. The third-order valence-corrected chi connectivity index (χ3v) is 7.03. The molecule has 0 radical (unpaired) electrons. The van der Waals surface area contributed by atoms with Crippen LogP contribution in [0.4, 0.5) is 4.39 Å². The van der Waals surface area contributed by atoms with E-state index >= 15 is 0 Å². The van der Waals surface area contributed by atoms with E-state index in [2.05, 4.69) is 10.3 Å². The number of benzene rings is 1. The van der Waals surface area contributed by atoms with Crippen LogP contribution < -0.4 is 10.9 Å². The number of aliphatic hydroxyl groups excluding tert-OH is 2. The summed E-state index contributed by atoms with van der Waals surface area (Å²) in [5.74, 6) is -3.47. The fraction of sp³-hybridized carbons (Fsp3) is 0.480. The molecule has 3 aliphatic rings. The van der Waals surface area contributed by atoms with Crippen molar-refractivity contribution in [1.29, 1.82) is 0 Å². The van der Waals surface area contributed by atoms with Crippen molar-refractivity contribution >= 4 is 17.7 Å². The summed E-state index contributed by atoms with van der Waals surface area (Å²) in [6.45, 7) is -0.377. The van der Waals surface area contributed by atoms with Gasteiger partial charge >= 0.3 is 11.8 Å². The Morgan fingerprint density at radius 3 is 2.51 bits per heavy atom. The van der Waals surface area contributed by atoms with Gasteiger partial charge in [-0.25, -0.2) is 9.37 Å². The van der Waals surface area contributed by atoms with E-state index in [4.69, 9.17) is 0 Å². The summed E-state index contributed by atoms with van der Waals surface area (Å²) >= 11 is 0. The average molecular weight is 516 g/mol. The molecule has 1 saturated carbocycles. The topological polar surface area (TPSA) is 145 Å². The molecule has 3 N–H and O–H groups in total. The van der Waals surface area contributed by atoms with Gasteiger partial charge in [0.2, 0.25) is 0 Å². The van der Waals surface area contributed by atoms with Gasteiger partial charge < -0.3 is 25.3 Å². The lowest BCUT2D eigenvalue weighted by Crippen LogP contribution is -2.57. The Hall–Kier alpha value is -3.64. The fourth-order valence-corrected chi connectivity index (χ4v) is 5.16. The zero-order valence-corrected chi connectivity index (χ0v) is 20.6. The molecular formula is C25H30FN5O6. The highest BCUT2D eigenvalue weighted by Gasteiger charge is 2.49. The maximum absolute atomic E-state index is 13.1. The molecular weight excluding hydrogens is 485 g/mol. The van der Waals surface area contributed by atoms with Crippen molar-refractivity contribution in [2.45, 2.75) is 44.0 Å². The van der Waals surface area contributed by atoms with Crippen molar-refractivity contribution in [3.63, 3.8) is 0 Å². The van der Waals surface area contributed by atoms with Crippen LogP contribution in [0.1, 0.15) is 40.6 Å². The van der Waals surface area contributed by atoms with Gasteiger partial charge in [0.25, 0.3) is 11.5 Å². The number of likely N-dealkylation sites (N-methyl/N-ethyl adjacent to an activating group) is 1. The number of hydrogen-bond donors (Lipinski definition) is 3. The third kappa shape index (κ3) is 5.25. The lowest BCUT2D eigenvalue weighted by atomic mass is 9.76. The molecule has 198 valence electrons.